The molecule has 0 aliphatic heterocycles. The zero-order valence-electron chi connectivity index (χ0n) is 16.3. The number of hydrazone groups is 1. The van der Waals surface area contributed by atoms with Crippen LogP contribution in [0.3, 0.4) is 0 Å². The molecule has 154 valence electrons. The molecule has 0 fully saturated rings. The molecular weight excluding hydrogens is 402 g/mol. The van der Waals surface area contributed by atoms with Crippen LogP contribution in [0.5, 0.6) is 5.75 Å². The molecule has 7 nitrogen and oxygen atoms in total. The van der Waals surface area contributed by atoms with Crippen LogP contribution in [-0.2, 0) is 4.79 Å². The molecule has 0 heterocycles. The van der Waals surface area contributed by atoms with Gasteiger partial charge < -0.3 is 10.4 Å². The van der Waals surface area contributed by atoms with Crippen LogP contribution in [0, 0.1) is 6.92 Å². The summed E-state index contributed by atoms with van der Waals surface area (Å²) in [5.41, 5.74) is 6.09. The van der Waals surface area contributed by atoms with Gasteiger partial charge in [-0.15, -0.1) is 12.4 Å². The summed E-state index contributed by atoms with van der Waals surface area (Å²) in [5, 5.41) is 25.2. The second-order valence-electron chi connectivity index (χ2n) is 6.29. The molecule has 3 N–H and O–H groups in total. The SMILES string of the molecule is Cc1cccc(NCC(=O)N/N=C/c2cc(N=Nc3ccccc3)ccc2O)c1.Cl. The third kappa shape index (κ3) is 7.03. The Morgan fingerprint density at radius 2 is 1.73 bits per heavy atom. The third-order valence-corrected chi connectivity index (χ3v) is 3.91. The highest BCUT2D eigenvalue weighted by Crippen LogP contribution is 2.23. The van der Waals surface area contributed by atoms with Gasteiger partial charge in [-0.3, -0.25) is 4.79 Å². The lowest BCUT2D eigenvalue weighted by Gasteiger charge is -2.06. The summed E-state index contributed by atoms with van der Waals surface area (Å²) in [6.45, 7) is 2.06. The molecule has 0 spiro atoms. The van der Waals surface area contributed by atoms with Gasteiger partial charge in [-0.2, -0.15) is 15.3 Å². The number of aryl methyl sites for hydroxylation is 1. The number of nitrogens with zero attached hydrogens (tertiary/aromatic N) is 3. The molecular formula is C22H22ClN5O2. The second kappa shape index (κ2) is 11.3. The van der Waals surface area contributed by atoms with Crippen LogP contribution in [0.25, 0.3) is 0 Å². The van der Waals surface area contributed by atoms with E-state index in [-0.39, 0.29) is 30.6 Å². The van der Waals surface area contributed by atoms with E-state index in [4.69, 9.17) is 0 Å². The number of hydrogen-bond donors (Lipinski definition) is 3. The number of nitrogens with one attached hydrogen (secondary N) is 2. The summed E-state index contributed by atoms with van der Waals surface area (Å²) >= 11 is 0. The molecule has 30 heavy (non-hydrogen) atoms. The maximum atomic E-state index is 11.9. The third-order valence-electron chi connectivity index (χ3n) is 3.91. The molecule has 0 aromatic heterocycles. The first kappa shape index (κ1) is 22.6. The Kier molecular flexibility index (Phi) is 8.53. The predicted molar refractivity (Wildman–Crippen MR) is 121 cm³/mol. The van der Waals surface area contributed by atoms with Gasteiger partial charge in [0.15, 0.2) is 0 Å². The van der Waals surface area contributed by atoms with Gasteiger partial charge in [-0.1, -0.05) is 30.3 Å². The van der Waals surface area contributed by atoms with E-state index in [2.05, 4.69) is 26.1 Å². The number of carbonyl (C=O) groups is 1. The first-order valence-corrected chi connectivity index (χ1v) is 9.02. The lowest BCUT2D eigenvalue weighted by Crippen LogP contribution is -2.25. The Morgan fingerprint density at radius 1 is 0.967 bits per heavy atom. The van der Waals surface area contributed by atoms with Crippen LogP contribution >= 0.6 is 12.4 Å². The largest absolute Gasteiger partial charge is 0.507 e. The van der Waals surface area contributed by atoms with Gasteiger partial charge in [0.2, 0.25) is 0 Å². The minimum absolute atomic E-state index is 0. The number of anilines is 1. The van der Waals surface area contributed by atoms with Crippen molar-refractivity contribution in [1.29, 1.82) is 0 Å². The quantitative estimate of drug-likeness (QED) is 0.280. The lowest BCUT2D eigenvalue weighted by atomic mass is 10.2. The van der Waals surface area contributed by atoms with Gasteiger partial charge in [0.1, 0.15) is 5.75 Å². The van der Waals surface area contributed by atoms with Crippen LogP contribution < -0.4 is 10.7 Å². The average Bonchev–Trinajstić information content (AvgIpc) is 2.73. The van der Waals surface area contributed by atoms with Crippen LogP contribution in [0.15, 0.2) is 88.1 Å². The molecule has 3 aromatic rings. The van der Waals surface area contributed by atoms with Crippen molar-refractivity contribution in [3.05, 3.63) is 83.9 Å². The van der Waals surface area contributed by atoms with Crippen molar-refractivity contribution >= 4 is 41.6 Å². The first-order valence-electron chi connectivity index (χ1n) is 9.02. The van der Waals surface area contributed by atoms with E-state index in [0.717, 1.165) is 16.9 Å². The molecule has 3 aromatic carbocycles. The zero-order chi connectivity index (χ0) is 20.5. The molecule has 0 bridgehead atoms. The minimum Gasteiger partial charge on any atom is -0.507 e. The number of carbonyl (C=O) groups excluding carboxylic acids is 1. The van der Waals surface area contributed by atoms with Gasteiger partial charge in [0.25, 0.3) is 5.91 Å². The van der Waals surface area contributed by atoms with Gasteiger partial charge in [-0.25, -0.2) is 5.43 Å². The summed E-state index contributed by atoms with van der Waals surface area (Å²) < 4.78 is 0. The molecule has 0 aliphatic carbocycles. The van der Waals surface area contributed by atoms with Crippen molar-refractivity contribution in [2.75, 3.05) is 11.9 Å². The number of halogens is 1. The number of benzene rings is 3. The highest BCUT2D eigenvalue weighted by molar-refractivity contribution is 5.87. The smallest absolute Gasteiger partial charge is 0.259 e. The number of rotatable bonds is 7. The Balaban J connectivity index is 0.00000320. The summed E-state index contributed by atoms with van der Waals surface area (Å²) in [6, 6.07) is 21.8. The summed E-state index contributed by atoms with van der Waals surface area (Å²) in [6.07, 6.45) is 1.36. The van der Waals surface area contributed by atoms with E-state index in [1.807, 2.05) is 61.5 Å². The fourth-order valence-electron chi connectivity index (χ4n) is 2.47. The van der Waals surface area contributed by atoms with Gasteiger partial charge in [-0.05, 0) is 55.0 Å². The van der Waals surface area contributed by atoms with E-state index in [0.29, 0.717) is 11.3 Å². The average molecular weight is 424 g/mol. The number of phenolic OH excluding ortho intramolecular Hbond substituents is 1. The normalized spacial score (nSPS) is 10.7. The number of azo groups is 1. The van der Waals surface area contributed by atoms with Crippen molar-refractivity contribution < 1.29 is 9.90 Å². The molecule has 1 amide bonds. The van der Waals surface area contributed by atoms with Gasteiger partial charge in [0, 0.05) is 11.3 Å². The van der Waals surface area contributed by atoms with Crippen molar-refractivity contribution in [2.24, 2.45) is 15.3 Å². The topological polar surface area (TPSA) is 98.4 Å². The van der Waals surface area contributed by atoms with Crippen LogP contribution in [0.1, 0.15) is 11.1 Å². The van der Waals surface area contributed by atoms with Crippen molar-refractivity contribution in [3.63, 3.8) is 0 Å². The maximum Gasteiger partial charge on any atom is 0.259 e. The molecule has 0 radical (unpaired) electrons. The van der Waals surface area contributed by atoms with Crippen molar-refractivity contribution in [1.82, 2.24) is 5.43 Å². The molecule has 3 rings (SSSR count). The van der Waals surface area contributed by atoms with E-state index in [1.165, 1.54) is 12.3 Å². The maximum absolute atomic E-state index is 11.9. The summed E-state index contributed by atoms with van der Waals surface area (Å²) in [7, 11) is 0. The Hall–Kier alpha value is -3.71. The molecule has 0 saturated heterocycles. The van der Waals surface area contributed by atoms with E-state index in [9.17, 15) is 9.90 Å². The molecule has 0 atom stereocenters. The molecule has 8 heteroatoms. The Bertz CT molecular complexity index is 1040. The van der Waals surface area contributed by atoms with Crippen LogP contribution in [-0.4, -0.2) is 23.8 Å². The van der Waals surface area contributed by atoms with E-state index >= 15 is 0 Å². The van der Waals surface area contributed by atoms with E-state index in [1.54, 1.807) is 12.1 Å². The number of aromatic hydroxyl groups is 1. The van der Waals surface area contributed by atoms with Crippen molar-refractivity contribution in [2.45, 2.75) is 6.92 Å². The monoisotopic (exact) mass is 423 g/mol. The zero-order valence-corrected chi connectivity index (χ0v) is 17.1. The number of amides is 1. The first-order chi connectivity index (χ1) is 14.1. The molecule has 0 aliphatic rings. The predicted octanol–water partition coefficient (Wildman–Crippen LogP) is 5.10. The van der Waals surface area contributed by atoms with Gasteiger partial charge in [0.05, 0.1) is 24.1 Å². The molecule has 0 saturated carbocycles. The van der Waals surface area contributed by atoms with Crippen LogP contribution in [0.2, 0.25) is 0 Å². The lowest BCUT2D eigenvalue weighted by molar-refractivity contribution is -0.119. The standard InChI is InChI=1S/C22H21N5O2.ClH/c1-16-6-5-9-19(12-16)23-15-22(29)27-24-14-17-13-20(10-11-21(17)28)26-25-18-7-3-2-4-8-18;/h2-14,23,28H,15H2,1H3,(H,27,29);1H/b24-14+,26-25?;. The highest BCUT2D eigenvalue weighted by atomic mass is 35.5. The fourth-order valence-corrected chi connectivity index (χ4v) is 2.47. The second-order valence-corrected chi connectivity index (χ2v) is 6.29. The number of hydrogen-bond acceptors (Lipinski definition) is 6. The van der Waals surface area contributed by atoms with Crippen LogP contribution in [0.4, 0.5) is 17.1 Å². The van der Waals surface area contributed by atoms with E-state index < -0.39 is 0 Å². The highest BCUT2D eigenvalue weighted by Gasteiger charge is 2.02. The van der Waals surface area contributed by atoms with Gasteiger partial charge >= 0.3 is 0 Å². The minimum atomic E-state index is -0.304. The molecule has 0 unspecified atom stereocenters. The fraction of sp³-hybridized carbons (Fsp3) is 0.0909. The number of phenols is 1. The Labute approximate surface area is 181 Å². The van der Waals surface area contributed by atoms with Crippen molar-refractivity contribution in [3.8, 4) is 5.75 Å². The Morgan fingerprint density at radius 3 is 2.50 bits per heavy atom. The summed E-state index contributed by atoms with van der Waals surface area (Å²) in [5.74, 6) is -0.276. The summed E-state index contributed by atoms with van der Waals surface area (Å²) in [4.78, 5) is 11.9.